The number of hydrogen-bond acceptors (Lipinski definition) is 9. The van der Waals surface area contributed by atoms with Gasteiger partial charge in [0.2, 0.25) is 0 Å². The van der Waals surface area contributed by atoms with Gasteiger partial charge in [-0.1, -0.05) is 45.9 Å². The average Bonchev–Trinajstić information content (AvgIpc) is 3.22. The first kappa shape index (κ1) is 48.0. The molecule has 3 amide bonds. The number of rotatable bonds is 16. The van der Waals surface area contributed by atoms with Gasteiger partial charge in [-0.2, -0.15) is 0 Å². The van der Waals surface area contributed by atoms with E-state index >= 15 is 0 Å². The van der Waals surface area contributed by atoms with E-state index in [4.69, 9.17) is 28.4 Å². The zero-order valence-electron chi connectivity index (χ0n) is 37.9. The van der Waals surface area contributed by atoms with Crippen LogP contribution in [0.5, 0.6) is 17.2 Å². The Kier molecular flexibility index (Phi) is 18.7. The highest BCUT2D eigenvalue weighted by Crippen LogP contribution is 2.36. The highest BCUT2D eigenvalue weighted by atomic mass is 16.5. The molecule has 0 saturated heterocycles. The number of carbonyl (C=O) groups excluding carboxylic acids is 3. The molecule has 0 fully saturated rings. The summed E-state index contributed by atoms with van der Waals surface area (Å²) >= 11 is 0. The molecule has 12 nitrogen and oxygen atoms in total. The lowest BCUT2D eigenvalue weighted by Gasteiger charge is -2.26. The molecular formula is C48H69N3O9. The van der Waals surface area contributed by atoms with Crippen molar-refractivity contribution in [3.8, 4) is 17.2 Å². The van der Waals surface area contributed by atoms with Crippen LogP contribution in [-0.2, 0) is 80.1 Å². The van der Waals surface area contributed by atoms with Gasteiger partial charge in [-0.25, -0.2) is 0 Å². The minimum atomic E-state index is -0.231. The first-order chi connectivity index (χ1) is 28.8. The number of carbonyl (C=O) groups is 3. The molecule has 1 aliphatic rings. The standard InChI is InChI=1S/C48H69N3O9/c1-11-34-21-37-27-55-25-35-19-18-20-36(45(35)58-31-42(52)49(12-2)13-3)26-56-29-39-23-41(48(8,9)10)24-40(47(39)60-33-44(54)51(16-6)17-7)30-57-28-38(22-34)46(37)59-32-43(53)50(14-4)15-5/h18-24H,11-17,25-33H2,1-10H3. The number of amides is 3. The summed E-state index contributed by atoms with van der Waals surface area (Å²) < 4.78 is 38.7. The molecule has 60 heavy (non-hydrogen) atoms. The predicted octanol–water partition coefficient (Wildman–Crippen LogP) is 7.75. The smallest absolute Gasteiger partial charge is 0.260 e. The number of hydrogen-bond donors (Lipinski definition) is 0. The summed E-state index contributed by atoms with van der Waals surface area (Å²) in [6.07, 6.45) is 0.759. The summed E-state index contributed by atoms with van der Waals surface area (Å²) in [6.45, 7) is 24.3. The van der Waals surface area contributed by atoms with Crippen molar-refractivity contribution in [3.05, 3.63) is 87.0 Å². The molecule has 0 unspecified atom stereocenters. The minimum absolute atomic E-state index is 0.111. The lowest BCUT2D eigenvalue weighted by Crippen LogP contribution is -2.34. The third kappa shape index (κ3) is 12.9. The van der Waals surface area contributed by atoms with Crippen LogP contribution in [0.2, 0.25) is 0 Å². The number of fused-ring (bicyclic) bond motifs is 6. The summed E-state index contributed by atoms with van der Waals surface area (Å²) in [5.74, 6) is 1.28. The Morgan fingerprint density at radius 2 is 0.800 bits per heavy atom. The van der Waals surface area contributed by atoms with Gasteiger partial charge in [0.1, 0.15) is 17.2 Å². The van der Waals surface area contributed by atoms with Crippen LogP contribution in [0.15, 0.2) is 42.5 Å². The molecular weight excluding hydrogens is 763 g/mol. The van der Waals surface area contributed by atoms with Crippen LogP contribution in [0, 0.1) is 0 Å². The van der Waals surface area contributed by atoms with Crippen LogP contribution in [0.3, 0.4) is 0 Å². The van der Waals surface area contributed by atoms with Crippen molar-refractivity contribution in [1.82, 2.24) is 14.7 Å². The van der Waals surface area contributed by atoms with E-state index in [2.05, 4.69) is 52.0 Å². The Labute approximate surface area is 358 Å². The van der Waals surface area contributed by atoms with Crippen LogP contribution in [-0.4, -0.2) is 91.5 Å². The van der Waals surface area contributed by atoms with Crippen LogP contribution in [0.4, 0.5) is 0 Å². The molecule has 0 saturated carbocycles. The molecule has 1 heterocycles. The maximum atomic E-state index is 13.3. The van der Waals surface area contributed by atoms with Crippen LogP contribution >= 0.6 is 0 Å². The Balaban J connectivity index is 1.87. The Morgan fingerprint density at radius 3 is 1.10 bits per heavy atom. The number of nitrogens with zero attached hydrogens (tertiary/aromatic N) is 3. The fraction of sp³-hybridized carbons (Fsp3) is 0.562. The van der Waals surface area contributed by atoms with Crippen molar-refractivity contribution in [2.24, 2.45) is 0 Å². The van der Waals surface area contributed by atoms with E-state index in [-0.39, 0.29) is 82.6 Å². The van der Waals surface area contributed by atoms with Gasteiger partial charge in [0.25, 0.3) is 17.7 Å². The highest BCUT2D eigenvalue weighted by Gasteiger charge is 2.24. The second-order valence-electron chi connectivity index (χ2n) is 15.9. The molecule has 0 aromatic heterocycles. The summed E-state index contributed by atoms with van der Waals surface area (Å²) in [4.78, 5) is 44.9. The monoisotopic (exact) mass is 832 g/mol. The number of aryl methyl sites for hydroxylation is 1. The number of para-hydroxylation sites is 1. The topological polar surface area (TPSA) is 116 Å². The third-order valence-electron chi connectivity index (χ3n) is 10.9. The molecule has 3 aromatic rings. The van der Waals surface area contributed by atoms with Crippen molar-refractivity contribution in [1.29, 1.82) is 0 Å². The normalized spacial score (nSPS) is 13.4. The SMILES string of the molecule is CCc1cc2c(OCC(=O)N(CC)CC)c(c1)COCc1cc(C(C)(C)C)cc(c1OCC(=O)N(CC)CC)COCc1cccc(c1OCC(=O)N(CC)CC)COC2. The van der Waals surface area contributed by atoms with Gasteiger partial charge in [-0.05, 0) is 88.8 Å². The Bertz CT molecular complexity index is 1880. The quantitative estimate of drug-likeness (QED) is 0.143. The molecule has 0 atom stereocenters. The van der Waals surface area contributed by atoms with E-state index in [1.165, 1.54) is 0 Å². The van der Waals surface area contributed by atoms with E-state index < -0.39 is 0 Å². The maximum absolute atomic E-state index is 13.3. The largest absolute Gasteiger partial charge is 0.483 e. The Hall–Kier alpha value is -4.65. The van der Waals surface area contributed by atoms with Crippen LogP contribution in [0.1, 0.15) is 114 Å². The lowest BCUT2D eigenvalue weighted by molar-refractivity contribution is -0.133. The molecule has 330 valence electrons. The molecule has 6 bridgehead atoms. The van der Waals surface area contributed by atoms with Crippen molar-refractivity contribution in [2.45, 2.75) is 121 Å². The average molecular weight is 832 g/mol. The highest BCUT2D eigenvalue weighted by molar-refractivity contribution is 5.78. The van der Waals surface area contributed by atoms with E-state index in [1.54, 1.807) is 14.7 Å². The summed E-state index contributed by atoms with van der Waals surface area (Å²) in [5, 5.41) is 0. The van der Waals surface area contributed by atoms with E-state index in [1.807, 2.05) is 59.7 Å². The van der Waals surface area contributed by atoms with Gasteiger partial charge in [0, 0.05) is 72.6 Å². The molecule has 0 radical (unpaired) electrons. The van der Waals surface area contributed by atoms with Crippen LogP contribution < -0.4 is 14.2 Å². The van der Waals surface area contributed by atoms with Gasteiger partial charge >= 0.3 is 0 Å². The first-order valence-electron chi connectivity index (χ1n) is 21.7. The molecule has 1 aliphatic heterocycles. The van der Waals surface area contributed by atoms with Gasteiger partial charge in [0.05, 0.1) is 39.6 Å². The fourth-order valence-electron chi connectivity index (χ4n) is 7.29. The predicted molar refractivity (Wildman–Crippen MR) is 233 cm³/mol. The molecule has 0 aliphatic carbocycles. The zero-order valence-corrected chi connectivity index (χ0v) is 37.9. The summed E-state index contributed by atoms with van der Waals surface area (Å²) in [6, 6.07) is 14.1. The van der Waals surface area contributed by atoms with Crippen LogP contribution in [0.25, 0.3) is 0 Å². The van der Waals surface area contributed by atoms with Gasteiger partial charge < -0.3 is 43.1 Å². The molecule has 12 heteroatoms. The summed E-state index contributed by atoms with van der Waals surface area (Å²) in [5.41, 5.74) is 6.55. The molecule has 3 aromatic carbocycles. The van der Waals surface area contributed by atoms with Crippen molar-refractivity contribution >= 4 is 17.7 Å². The van der Waals surface area contributed by atoms with Crippen molar-refractivity contribution < 1.29 is 42.8 Å². The second kappa shape index (κ2) is 23.4. The maximum Gasteiger partial charge on any atom is 0.260 e. The Morgan fingerprint density at radius 1 is 0.500 bits per heavy atom. The number of ether oxygens (including phenoxy) is 6. The summed E-state index contributed by atoms with van der Waals surface area (Å²) in [7, 11) is 0. The van der Waals surface area contributed by atoms with E-state index in [9.17, 15) is 14.4 Å². The van der Waals surface area contributed by atoms with Gasteiger partial charge in [-0.3, -0.25) is 14.4 Å². The second-order valence-corrected chi connectivity index (χ2v) is 15.9. The molecule has 4 rings (SSSR count). The first-order valence-corrected chi connectivity index (χ1v) is 21.7. The van der Waals surface area contributed by atoms with Crippen molar-refractivity contribution in [3.63, 3.8) is 0 Å². The van der Waals surface area contributed by atoms with E-state index in [0.717, 1.165) is 50.9 Å². The lowest BCUT2D eigenvalue weighted by atomic mass is 9.84. The molecule has 0 spiro atoms. The third-order valence-corrected chi connectivity index (χ3v) is 10.9. The number of benzene rings is 3. The minimum Gasteiger partial charge on any atom is -0.483 e. The van der Waals surface area contributed by atoms with Crippen molar-refractivity contribution in [2.75, 3.05) is 59.1 Å². The molecule has 0 N–H and O–H groups in total. The zero-order chi connectivity index (χ0) is 43.8. The number of likely N-dealkylation sites (N-methyl/N-ethyl adjacent to an activating group) is 3. The van der Waals surface area contributed by atoms with E-state index in [0.29, 0.717) is 56.5 Å². The fourth-order valence-corrected chi connectivity index (χ4v) is 7.29. The van der Waals surface area contributed by atoms with Gasteiger partial charge in [-0.15, -0.1) is 0 Å². The van der Waals surface area contributed by atoms with Gasteiger partial charge in [0.15, 0.2) is 19.8 Å².